The number of amides is 1. The molecule has 3 rings (SSSR count). The summed E-state index contributed by atoms with van der Waals surface area (Å²) < 4.78 is 31.9. The maximum absolute atomic E-state index is 12.5. The molecule has 6 nitrogen and oxygen atoms in total. The van der Waals surface area contributed by atoms with Gasteiger partial charge in [0.1, 0.15) is 0 Å². The second-order valence-electron chi connectivity index (χ2n) is 8.53. The molecule has 0 atom stereocenters. The Labute approximate surface area is 209 Å². The predicted molar refractivity (Wildman–Crippen MR) is 141 cm³/mol. The molecule has 0 unspecified atom stereocenters. The Hall–Kier alpha value is -3.16. The van der Waals surface area contributed by atoms with Crippen LogP contribution in [0.5, 0.6) is 0 Å². The van der Waals surface area contributed by atoms with Crippen molar-refractivity contribution < 1.29 is 17.9 Å². The topological polar surface area (TPSA) is 75.7 Å². The predicted octanol–water partition coefficient (Wildman–Crippen LogP) is 4.94. The molecule has 0 fully saturated rings. The second kappa shape index (κ2) is 13.1. The van der Waals surface area contributed by atoms with Crippen LogP contribution in [0.4, 0.5) is 5.69 Å². The van der Waals surface area contributed by atoms with Crippen molar-refractivity contribution >= 4 is 21.6 Å². The molecule has 0 saturated heterocycles. The van der Waals surface area contributed by atoms with Gasteiger partial charge in [-0.25, -0.2) is 8.42 Å². The maximum Gasteiger partial charge on any atom is 0.251 e. The van der Waals surface area contributed by atoms with E-state index in [9.17, 15) is 13.2 Å². The maximum atomic E-state index is 12.5. The van der Waals surface area contributed by atoms with Gasteiger partial charge >= 0.3 is 0 Å². The van der Waals surface area contributed by atoms with E-state index in [4.69, 9.17) is 4.74 Å². The second-order valence-corrected chi connectivity index (χ2v) is 10.4. The number of hydrogen-bond acceptors (Lipinski definition) is 4. The minimum absolute atomic E-state index is 0.192. The molecule has 1 N–H and O–H groups in total. The summed E-state index contributed by atoms with van der Waals surface area (Å²) in [6.45, 7) is 3.67. The summed E-state index contributed by atoms with van der Waals surface area (Å²) in [6, 6.07) is 24.5. The number of benzene rings is 3. The highest BCUT2D eigenvalue weighted by Gasteiger charge is 2.18. The van der Waals surface area contributed by atoms with E-state index in [1.807, 2.05) is 54.6 Å². The van der Waals surface area contributed by atoms with Gasteiger partial charge in [0.25, 0.3) is 5.91 Å². The average Bonchev–Trinajstić information content (AvgIpc) is 2.86. The van der Waals surface area contributed by atoms with Crippen LogP contribution in [-0.2, 0) is 34.3 Å². The van der Waals surface area contributed by atoms with Gasteiger partial charge in [-0.3, -0.25) is 9.10 Å². The highest BCUT2D eigenvalue weighted by atomic mass is 32.2. The van der Waals surface area contributed by atoms with Gasteiger partial charge in [0.15, 0.2) is 0 Å². The zero-order valence-electron chi connectivity index (χ0n) is 20.4. The van der Waals surface area contributed by atoms with Crippen molar-refractivity contribution in [3.63, 3.8) is 0 Å². The van der Waals surface area contributed by atoms with E-state index in [2.05, 4.69) is 12.2 Å². The number of anilines is 1. The van der Waals surface area contributed by atoms with E-state index in [1.54, 1.807) is 24.3 Å². The number of rotatable bonds is 13. The van der Waals surface area contributed by atoms with Crippen molar-refractivity contribution in [1.82, 2.24) is 5.32 Å². The number of nitrogens with one attached hydrogen (secondary N) is 1. The van der Waals surface area contributed by atoms with E-state index in [1.165, 1.54) is 16.1 Å². The number of nitrogens with zero attached hydrogens (tertiary/aromatic N) is 1. The third-order valence-corrected chi connectivity index (χ3v) is 6.77. The summed E-state index contributed by atoms with van der Waals surface area (Å²) in [5, 5.41) is 2.85. The van der Waals surface area contributed by atoms with Gasteiger partial charge in [-0.2, -0.15) is 0 Å². The van der Waals surface area contributed by atoms with Crippen molar-refractivity contribution in [3.8, 4) is 0 Å². The zero-order chi connectivity index (χ0) is 25.1. The Morgan fingerprint density at radius 2 is 1.54 bits per heavy atom. The molecule has 3 aromatic carbocycles. The van der Waals surface area contributed by atoms with Crippen molar-refractivity contribution in [1.29, 1.82) is 0 Å². The first kappa shape index (κ1) is 26.4. The molecule has 35 heavy (non-hydrogen) atoms. The van der Waals surface area contributed by atoms with Gasteiger partial charge in [0.05, 0.1) is 31.7 Å². The summed E-state index contributed by atoms with van der Waals surface area (Å²) in [5.74, 6) is -0.192. The van der Waals surface area contributed by atoms with Crippen LogP contribution in [0.25, 0.3) is 0 Å². The van der Waals surface area contributed by atoms with Crippen molar-refractivity contribution in [3.05, 3.63) is 101 Å². The van der Waals surface area contributed by atoms with Crippen LogP contribution in [0.15, 0.2) is 78.9 Å². The molecular weight excluding hydrogens is 460 g/mol. The van der Waals surface area contributed by atoms with E-state index in [-0.39, 0.29) is 12.5 Å². The summed E-state index contributed by atoms with van der Waals surface area (Å²) in [6.07, 6.45) is 4.42. The van der Waals surface area contributed by atoms with Crippen LogP contribution in [-0.4, -0.2) is 33.7 Å². The average molecular weight is 495 g/mol. The van der Waals surface area contributed by atoms with Crippen LogP contribution in [0, 0.1) is 0 Å². The Bertz CT molecular complexity index is 1160. The van der Waals surface area contributed by atoms with Crippen molar-refractivity contribution in [2.24, 2.45) is 0 Å². The number of sulfonamides is 1. The monoisotopic (exact) mass is 494 g/mol. The summed E-state index contributed by atoms with van der Waals surface area (Å²) in [5.41, 5.74) is 4.23. The lowest BCUT2D eigenvalue weighted by atomic mass is 10.1. The lowest BCUT2D eigenvalue weighted by Gasteiger charge is -2.23. The normalized spacial score (nSPS) is 11.3. The molecule has 0 aliphatic heterocycles. The lowest BCUT2D eigenvalue weighted by molar-refractivity contribution is 0.0901. The fourth-order valence-corrected chi connectivity index (χ4v) is 4.53. The molecule has 0 bridgehead atoms. The van der Waals surface area contributed by atoms with Crippen LogP contribution in [0.3, 0.4) is 0 Å². The first-order valence-corrected chi connectivity index (χ1v) is 13.8. The SMILES string of the molecule is CCCCc1ccc(N(Cc2ccc(C(=O)NCCOCc3ccccc3)cc2)S(C)(=O)=O)cc1. The van der Waals surface area contributed by atoms with Gasteiger partial charge in [-0.05, 0) is 53.8 Å². The lowest BCUT2D eigenvalue weighted by Crippen LogP contribution is -2.29. The van der Waals surface area contributed by atoms with Crippen LogP contribution < -0.4 is 9.62 Å². The van der Waals surface area contributed by atoms with Gasteiger partial charge in [0.2, 0.25) is 10.0 Å². The molecule has 7 heteroatoms. The van der Waals surface area contributed by atoms with Crippen LogP contribution >= 0.6 is 0 Å². The number of unbranched alkanes of at least 4 members (excludes halogenated alkanes) is 1. The largest absolute Gasteiger partial charge is 0.375 e. The van der Waals surface area contributed by atoms with Gasteiger partial charge < -0.3 is 10.1 Å². The van der Waals surface area contributed by atoms with Crippen molar-refractivity contribution in [2.45, 2.75) is 39.3 Å². The molecule has 0 saturated carbocycles. The number of ether oxygens (including phenoxy) is 1. The standard InChI is InChI=1S/C28H34N2O4S/c1-3-4-8-23-13-17-27(18-14-23)30(35(2,32)33)21-24-11-15-26(16-12-24)28(31)29-19-20-34-22-25-9-6-5-7-10-25/h5-7,9-18H,3-4,8,19-22H2,1-2H3,(H,29,31). The van der Waals surface area contributed by atoms with Crippen LogP contribution in [0.1, 0.15) is 46.8 Å². The zero-order valence-corrected chi connectivity index (χ0v) is 21.3. The highest BCUT2D eigenvalue weighted by Crippen LogP contribution is 2.22. The fourth-order valence-electron chi connectivity index (χ4n) is 3.64. The van der Waals surface area contributed by atoms with Gasteiger partial charge in [-0.15, -0.1) is 0 Å². The highest BCUT2D eigenvalue weighted by molar-refractivity contribution is 7.92. The van der Waals surface area contributed by atoms with Gasteiger partial charge in [-0.1, -0.05) is 67.9 Å². The summed E-state index contributed by atoms with van der Waals surface area (Å²) >= 11 is 0. The first-order valence-electron chi connectivity index (χ1n) is 11.9. The Kier molecular flexibility index (Phi) is 9.87. The smallest absolute Gasteiger partial charge is 0.251 e. The Morgan fingerprint density at radius 1 is 0.886 bits per heavy atom. The Morgan fingerprint density at radius 3 is 2.17 bits per heavy atom. The van der Waals surface area contributed by atoms with E-state index in [0.29, 0.717) is 31.0 Å². The molecule has 3 aromatic rings. The van der Waals surface area contributed by atoms with Gasteiger partial charge in [0, 0.05) is 12.1 Å². The molecule has 0 aromatic heterocycles. The molecule has 0 aliphatic carbocycles. The fraction of sp³-hybridized carbons (Fsp3) is 0.321. The summed E-state index contributed by atoms with van der Waals surface area (Å²) in [4.78, 5) is 12.4. The Balaban J connectivity index is 1.53. The summed E-state index contributed by atoms with van der Waals surface area (Å²) in [7, 11) is -3.47. The van der Waals surface area contributed by atoms with E-state index < -0.39 is 10.0 Å². The molecule has 186 valence electrons. The number of aryl methyl sites for hydroxylation is 1. The quantitative estimate of drug-likeness (QED) is 0.342. The molecule has 0 heterocycles. The number of hydrogen-bond donors (Lipinski definition) is 1. The molecule has 0 spiro atoms. The minimum Gasteiger partial charge on any atom is -0.375 e. The first-order chi connectivity index (χ1) is 16.9. The van der Waals surface area contributed by atoms with E-state index >= 15 is 0 Å². The number of carbonyl (C=O) groups excluding carboxylic acids is 1. The molecule has 0 aliphatic rings. The van der Waals surface area contributed by atoms with E-state index in [0.717, 1.165) is 30.4 Å². The third kappa shape index (κ3) is 8.53. The van der Waals surface area contributed by atoms with Crippen LogP contribution in [0.2, 0.25) is 0 Å². The molecular formula is C28H34N2O4S. The number of carbonyl (C=O) groups is 1. The minimum atomic E-state index is -3.47. The third-order valence-electron chi connectivity index (χ3n) is 5.63. The molecule has 0 radical (unpaired) electrons. The van der Waals surface area contributed by atoms with Crippen molar-refractivity contribution in [2.75, 3.05) is 23.7 Å². The molecule has 1 amide bonds.